The molecular weight excluding hydrogens is 314 g/mol. The summed E-state index contributed by atoms with van der Waals surface area (Å²) in [5.41, 5.74) is 0.609. The van der Waals surface area contributed by atoms with Gasteiger partial charge in [-0.05, 0) is 30.3 Å². The van der Waals surface area contributed by atoms with E-state index in [4.69, 9.17) is 5.26 Å². The fourth-order valence-corrected chi connectivity index (χ4v) is 3.03. The summed E-state index contributed by atoms with van der Waals surface area (Å²) in [6.07, 6.45) is 6.38. The maximum absolute atomic E-state index is 12.3. The number of pyridine rings is 1. The molecule has 23 heavy (non-hydrogen) atoms. The summed E-state index contributed by atoms with van der Waals surface area (Å²) < 4.78 is 28.8. The number of benzene rings is 1. The Kier molecular flexibility index (Phi) is 3.78. The standard InChI is InChI=1S/C15H11N5O2S/c16-9-12-2-1-3-14(8-12)23(21,22)19-13-4-5-15(18-10-13)20-7-6-17-11-20/h1-8,10-11,19H. The van der Waals surface area contributed by atoms with Gasteiger partial charge in [-0.25, -0.2) is 18.4 Å². The Hall–Kier alpha value is -3.18. The molecule has 0 amide bonds. The second-order valence-corrected chi connectivity index (χ2v) is 6.30. The average molecular weight is 325 g/mol. The Bertz CT molecular complexity index is 958. The van der Waals surface area contributed by atoms with Crippen molar-refractivity contribution < 1.29 is 8.42 Å². The van der Waals surface area contributed by atoms with Crippen LogP contribution in [0, 0.1) is 11.3 Å². The largest absolute Gasteiger partial charge is 0.291 e. The number of nitrogens with one attached hydrogen (secondary N) is 1. The molecule has 8 heteroatoms. The smallest absolute Gasteiger partial charge is 0.261 e. The summed E-state index contributed by atoms with van der Waals surface area (Å²) in [6, 6.07) is 11.0. The minimum absolute atomic E-state index is 0.0234. The molecule has 114 valence electrons. The lowest BCUT2D eigenvalue weighted by molar-refractivity contribution is 0.601. The number of aromatic nitrogens is 3. The summed E-state index contributed by atoms with van der Waals surface area (Å²) in [7, 11) is -3.77. The van der Waals surface area contributed by atoms with Gasteiger partial charge >= 0.3 is 0 Å². The third-order valence-electron chi connectivity index (χ3n) is 3.04. The van der Waals surface area contributed by atoms with E-state index >= 15 is 0 Å². The number of imidazole rings is 1. The average Bonchev–Trinajstić information content (AvgIpc) is 3.10. The van der Waals surface area contributed by atoms with E-state index in [9.17, 15) is 8.42 Å². The predicted octanol–water partition coefficient (Wildman–Crippen LogP) is 1.94. The molecule has 0 saturated carbocycles. The third-order valence-corrected chi connectivity index (χ3v) is 4.42. The van der Waals surface area contributed by atoms with Gasteiger partial charge in [0.15, 0.2) is 0 Å². The van der Waals surface area contributed by atoms with Crippen LogP contribution in [0.25, 0.3) is 5.82 Å². The van der Waals surface area contributed by atoms with Gasteiger partial charge in [0.2, 0.25) is 0 Å². The number of rotatable bonds is 4. The normalized spacial score (nSPS) is 10.9. The van der Waals surface area contributed by atoms with Crippen molar-refractivity contribution in [3.63, 3.8) is 0 Å². The molecule has 0 spiro atoms. The Balaban J connectivity index is 1.84. The number of nitriles is 1. The summed E-state index contributed by atoms with van der Waals surface area (Å²) >= 11 is 0. The highest BCUT2D eigenvalue weighted by Gasteiger charge is 2.15. The number of anilines is 1. The molecule has 3 rings (SSSR count). The summed E-state index contributed by atoms with van der Waals surface area (Å²) in [4.78, 5) is 8.12. The highest BCUT2D eigenvalue weighted by molar-refractivity contribution is 7.92. The number of hydrogen-bond acceptors (Lipinski definition) is 5. The molecule has 0 bridgehead atoms. The fraction of sp³-hybridized carbons (Fsp3) is 0. The maximum atomic E-state index is 12.3. The molecule has 0 atom stereocenters. The van der Waals surface area contributed by atoms with Gasteiger partial charge in [0.25, 0.3) is 10.0 Å². The second-order valence-electron chi connectivity index (χ2n) is 4.62. The Morgan fingerprint density at radius 3 is 2.74 bits per heavy atom. The van der Waals surface area contributed by atoms with Crippen LogP contribution in [-0.2, 0) is 10.0 Å². The van der Waals surface area contributed by atoms with Crippen LogP contribution in [0.5, 0.6) is 0 Å². The topological polar surface area (TPSA) is 101 Å². The zero-order valence-electron chi connectivity index (χ0n) is 11.8. The minimum atomic E-state index is -3.77. The first-order chi connectivity index (χ1) is 11.1. The van der Waals surface area contributed by atoms with E-state index in [0.29, 0.717) is 11.5 Å². The van der Waals surface area contributed by atoms with Crippen molar-refractivity contribution in [2.75, 3.05) is 4.72 Å². The van der Waals surface area contributed by atoms with Crippen LogP contribution < -0.4 is 4.72 Å². The fourth-order valence-electron chi connectivity index (χ4n) is 1.94. The van der Waals surface area contributed by atoms with Crippen molar-refractivity contribution in [1.29, 1.82) is 5.26 Å². The Labute approximate surface area is 132 Å². The van der Waals surface area contributed by atoms with Crippen molar-refractivity contribution in [3.05, 3.63) is 66.9 Å². The van der Waals surface area contributed by atoms with E-state index in [2.05, 4.69) is 14.7 Å². The molecular formula is C15H11N5O2S. The molecule has 1 N–H and O–H groups in total. The summed E-state index contributed by atoms with van der Waals surface area (Å²) in [5.74, 6) is 0.622. The zero-order valence-corrected chi connectivity index (χ0v) is 12.6. The van der Waals surface area contributed by atoms with E-state index in [0.717, 1.165) is 0 Å². The van der Waals surface area contributed by atoms with Crippen LogP contribution in [0.1, 0.15) is 5.56 Å². The van der Waals surface area contributed by atoms with Crippen molar-refractivity contribution in [2.45, 2.75) is 4.90 Å². The second kappa shape index (κ2) is 5.90. The molecule has 2 aromatic heterocycles. The Morgan fingerprint density at radius 2 is 2.09 bits per heavy atom. The van der Waals surface area contributed by atoms with E-state index in [1.807, 2.05) is 6.07 Å². The van der Waals surface area contributed by atoms with Crippen LogP contribution in [0.4, 0.5) is 5.69 Å². The molecule has 2 heterocycles. The molecule has 3 aromatic rings. The van der Waals surface area contributed by atoms with Crippen LogP contribution in [0.15, 0.2) is 66.2 Å². The van der Waals surface area contributed by atoms with Gasteiger partial charge in [-0.3, -0.25) is 9.29 Å². The molecule has 0 saturated heterocycles. The molecule has 0 aliphatic carbocycles. The van der Waals surface area contributed by atoms with Gasteiger partial charge < -0.3 is 0 Å². The molecule has 0 unspecified atom stereocenters. The highest BCUT2D eigenvalue weighted by Crippen LogP contribution is 2.17. The van der Waals surface area contributed by atoms with Crippen molar-refractivity contribution in [1.82, 2.24) is 14.5 Å². The van der Waals surface area contributed by atoms with Crippen molar-refractivity contribution >= 4 is 15.7 Å². The van der Waals surface area contributed by atoms with Gasteiger partial charge in [-0.15, -0.1) is 0 Å². The molecule has 0 aliphatic heterocycles. The van der Waals surface area contributed by atoms with Crippen LogP contribution in [0.3, 0.4) is 0 Å². The molecule has 0 fully saturated rings. The van der Waals surface area contributed by atoms with Gasteiger partial charge in [-0.1, -0.05) is 6.07 Å². The lowest BCUT2D eigenvalue weighted by Gasteiger charge is -2.08. The van der Waals surface area contributed by atoms with E-state index in [1.54, 1.807) is 41.5 Å². The minimum Gasteiger partial charge on any atom is -0.291 e. The van der Waals surface area contributed by atoms with E-state index < -0.39 is 10.0 Å². The molecule has 7 nitrogen and oxygen atoms in total. The first-order valence-electron chi connectivity index (χ1n) is 6.56. The first-order valence-corrected chi connectivity index (χ1v) is 8.04. The number of nitrogens with zero attached hydrogens (tertiary/aromatic N) is 4. The summed E-state index contributed by atoms with van der Waals surface area (Å²) in [5, 5.41) is 8.86. The SMILES string of the molecule is N#Cc1cccc(S(=O)(=O)Nc2ccc(-n3ccnc3)nc2)c1. The lowest BCUT2D eigenvalue weighted by atomic mass is 10.2. The van der Waals surface area contributed by atoms with Gasteiger partial charge in [-0.2, -0.15) is 5.26 Å². The predicted molar refractivity (Wildman–Crippen MR) is 83.3 cm³/mol. The molecule has 1 aromatic carbocycles. The van der Waals surface area contributed by atoms with Crippen LogP contribution in [0.2, 0.25) is 0 Å². The van der Waals surface area contributed by atoms with Crippen molar-refractivity contribution in [2.24, 2.45) is 0 Å². The van der Waals surface area contributed by atoms with Gasteiger partial charge in [0.05, 0.1) is 28.4 Å². The summed E-state index contributed by atoms with van der Waals surface area (Å²) in [6.45, 7) is 0. The molecule has 0 aliphatic rings. The van der Waals surface area contributed by atoms with Crippen LogP contribution in [-0.4, -0.2) is 23.0 Å². The first kappa shape index (κ1) is 14.7. The number of sulfonamides is 1. The quantitative estimate of drug-likeness (QED) is 0.790. The monoisotopic (exact) mass is 325 g/mol. The zero-order chi connectivity index (χ0) is 16.3. The maximum Gasteiger partial charge on any atom is 0.261 e. The van der Waals surface area contributed by atoms with Crippen molar-refractivity contribution in [3.8, 4) is 11.9 Å². The van der Waals surface area contributed by atoms with Gasteiger partial charge in [0.1, 0.15) is 12.1 Å². The third kappa shape index (κ3) is 3.20. The molecule has 0 radical (unpaired) electrons. The Morgan fingerprint density at radius 1 is 1.22 bits per heavy atom. The number of hydrogen-bond donors (Lipinski definition) is 1. The highest BCUT2D eigenvalue weighted by atomic mass is 32.2. The van der Waals surface area contributed by atoms with Crippen LogP contribution >= 0.6 is 0 Å². The van der Waals surface area contributed by atoms with Gasteiger partial charge in [0, 0.05) is 12.4 Å². The lowest BCUT2D eigenvalue weighted by Crippen LogP contribution is -2.13. The van der Waals surface area contributed by atoms with E-state index in [-0.39, 0.29) is 10.5 Å². The van der Waals surface area contributed by atoms with E-state index in [1.165, 1.54) is 24.4 Å².